The zero-order chi connectivity index (χ0) is 19.5. The Morgan fingerprint density at radius 2 is 2.04 bits per heavy atom. The van der Waals surface area contributed by atoms with E-state index in [1.807, 2.05) is 42.5 Å². The van der Waals surface area contributed by atoms with Gasteiger partial charge in [0.1, 0.15) is 5.01 Å². The number of thiazole rings is 1. The van der Waals surface area contributed by atoms with Gasteiger partial charge in [-0.2, -0.15) is 0 Å². The minimum absolute atomic E-state index is 0.0624. The van der Waals surface area contributed by atoms with Crippen LogP contribution in [0.5, 0.6) is 0 Å². The Hall–Kier alpha value is -2.66. The Morgan fingerprint density at radius 1 is 1.18 bits per heavy atom. The van der Waals surface area contributed by atoms with Crippen LogP contribution in [0, 0.1) is 0 Å². The monoisotopic (exact) mass is 391 g/mol. The van der Waals surface area contributed by atoms with Gasteiger partial charge in [0.05, 0.1) is 0 Å². The van der Waals surface area contributed by atoms with Gasteiger partial charge in [-0.05, 0) is 68.0 Å². The molecular weight excluding hydrogens is 366 g/mol. The Kier molecular flexibility index (Phi) is 5.44. The summed E-state index contributed by atoms with van der Waals surface area (Å²) in [6.07, 6.45) is 5.28. The maximum atomic E-state index is 13.0. The van der Waals surface area contributed by atoms with Crippen LogP contribution in [0.4, 0.5) is 10.5 Å². The minimum atomic E-state index is -0.0624. The van der Waals surface area contributed by atoms with Crippen molar-refractivity contribution >= 4 is 23.1 Å². The number of aromatic nitrogens is 1. The number of carbonyl (C=O) groups is 1. The average Bonchev–Trinajstić information content (AvgIpc) is 3.37. The topological polar surface area (TPSA) is 45.2 Å². The first-order valence-electron chi connectivity index (χ1n) is 9.78. The number of fused-ring (bicyclic) bond motifs is 1. The van der Waals surface area contributed by atoms with Gasteiger partial charge in [-0.1, -0.05) is 24.3 Å². The van der Waals surface area contributed by atoms with Crippen LogP contribution in [0.15, 0.2) is 54.0 Å². The summed E-state index contributed by atoms with van der Waals surface area (Å²) < 4.78 is 0. The molecule has 5 heteroatoms. The molecule has 28 heavy (non-hydrogen) atoms. The summed E-state index contributed by atoms with van der Waals surface area (Å²) >= 11 is 1.62. The molecule has 1 heterocycles. The summed E-state index contributed by atoms with van der Waals surface area (Å²) in [5.41, 5.74) is 5.86. The maximum Gasteiger partial charge on any atom is 0.322 e. The molecule has 1 aromatic heterocycles. The number of nitrogens with zero attached hydrogens (tertiary/aromatic N) is 2. The number of rotatable bonds is 5. The molecule has 2 amide bonds. The molecule has 1 aliphatic carbocycles. The maximum absolute atomic E-state index is 13.0. The predicted octanol–water partition coefficient (Wildman–Crippen LogP) is 5.74. The van der Waals surface area contributed by atoms with Crippen LogP contribution in [0.2, 0.25) is 0 Å². The van der Waals surface area contributed by atoms with Crippen LogP contribution < -0.4 is 5.32 Å². The molecule has 1 aliphatic rings. The smallest absolute Gasteiger partial charge is 0.318 e. The van der Waals surface area contributed by atoms with Crippen LogP contribution in [0.1, 0.15) is 37.0 Å². The third-order valence-electron chi connectivity index (χ3n) is 5.19. The third-order valence-corrected chi connectivity index (χ3v) is 6.02. The van der Waals surface area contributed by atoms with E-state index in [9.17, 15) is 4.79 Å². The van der Waals surface area contributed by atoms with Gasteiger partial charge in [0.25, 0.3) is 0 Å². The van der Waals surface area contributed by atoms with E-state index in [2.05, 4.69) is 40.6 Å². The molecule has 0 radical (unpaired) electrons. The lowest BCUT2D eigenvalue weighted by Crippen LogP contribution is -2.39. The number of nitrogens with one attached hydrogen (secondary N) is 1. The first-order chi connectivity index (χ1) is 13.6. The molecule has 0 aliphatic heterocycles. The predicted molar refractivity (Wildman–Crippen MR) is 116 cm³/mol. The van der Waals surface area contributed by atoms with E-state index in [0.717, 1.165) is 34.7 Å². The van der Waals surface area contributed by atoms with Crippen LogP contribution in [-0.4, -0.2) is 22.0 Å². The molecule has 1 N–H and O–H groups in total. The average molecular weight is 392 g/mol. The van der Waals surface area contributed by atoms with Gasteiger partial charge in [0.2, 0.25) is 0 Å². The molecule has 0 atom stereocenters. The molecule has 0 saturated carbocycles. The number of anilines is 1. The van der Waals surface area contributed by atoms with Gasteiger partial charge in [-0.3, -0.25) is 0 Å². The molecule has 0 saturated heterocycles. The lowest BCUT2D eigenvalue weighted by molar-refractivity contribution is 0.193. The van der Waals surface area contributed by atoms with E-state index in [4.69, 9.17) is 0 Å². The number of amides is 2. The highest BCUT2D eigenvalue weighted by molar-refractivity contribution is 7.13. The van der Waals surface area contributed by atoms with Crippen LogP contribution in [-0.2, 0) is 19.4 Å². The summed E-state index contributed by atoms with van der Waals surface area (Å²) in [7, 11) is 0. The molecular formula is C23H25N3OS. The standard InChI is InChI=1S/C23H25N3OS/c1-16(2)26(15-17-5-3-8-20(13-17)22-24-11-12-28-22)23(27)25-21-10-9-18-6-4-7-19(18)14-21/h3,5,8-14,16H,4,6-7,15H2,1-2H3,(H,25,27). The normalized spacial score (nSPS) is 12.8. The molecule has 4 rings (SSSR count). The quantitative estimate of drug-likeness (QED) is 0.603. The van der Waals surface area contributed by atoms with E-state index < -0.39 is 0 Å². The van der Waals surface area contributed by atoms with Crippen molar-refractivity contribution in [3.05, 3.63) is 70.7 Å². The summed E-state index contributed by atoms with van der Waals surface area (Å²) in [5.74, 6) is 0. The van der Waals surface area contributed by atoms with Crippen molar-refractivity contribution in [3.8, 4) is 10.6 Å². The van der Waals surface area contributed by atoms with E-state index in [1.165, 1.54) is 17.5 Å². The number of aryl methyl sites for hydroxylation is 2. The number of carbonyl (C=O) groups excluding carboxylic acids is 1. The third kappa shape index (κ3) is 4.09. The number of hydrogen-bond donors (Lipinski definition) is 1. The highest BCUT2D eigenvalue weighted by atomic mass is 32.1. The second kappa shape index (κ2) is 8.15. The minimum Gasteiger partial charge on any atom is -0.318 e. The van der Waals surface area contributed by atoms with Crippen LogP contribution >= 0.6 is 11.3 Å². The SMILES string of the molecule is CC(C)N(Cc1cccc(-c2nccs2)c1)C(=O)Nc1ccc2c(c1)CCC2. The molecule has 0 unspecified atom stereocenters. The van der Waals surface area contributed by atoms with Crippen molar-refractivity contribution in [2.24, 2.45) is 0 Å². The fraction of sp³-hybridized carbons (Fsp3) is 0.304. The molecule has 2 aromatic carbocycles. The van der Waals surface area contributed by atoms with Gasteiger partial charge in [0, 0.05) is 35.4 Å². The number of urea groups is 1. The van der Waals surface area contributed by atoms with Gasteiger partial charge < -0.3 is 10.2 Å². The van der Waals surface area contributed by atoms with Crippen molar-refractivity contribution in [1.82, 2.24) is 9.88 Å². The lowest BCUT2D eigenvalue weighted by Gasteiger charge is -2.27. The summed E-state index contributed by atoms with van der Waals surface area (Å²) in [5, 5.41) is 6.07. The highest BCUT2D eigenvalue weighted by Crippen LogP contribution is 2.26. The van der Waals surface area contributed by atoms with E-state index in [1.54, 1.807) is 11.3 Å². The molecule has 0 fully saturated rings. The van der Waals surface area contributed by atoms with Crippen molar-refractivity contribution < 1.29 is 4.79 Å². The van der Waals surface area contributed by atoms with Gasteiger partial charge in [-0.25, -0.2) is 9.78 Å². The first kappa shape index (κ1) is 18.7. The lowest BCUT2D eigenvalue weighted by atomic mass is 10.1. The fourth-order valence-corrected chi connectivity index (χ4v) is 4.33. The van der Waals surface area contributed by atoms with Gasteiger partial charge in [-0.15, -0.1) is 11.3 Å². The Balaban J connectivity index is 1.49. The molecule has 0 spiro atoms. The van der Waals surface area contributed by atoms with Crippen molar-refractivity contribution in [2.45, 2.75) is 45.7 Å². The fourth-order valence-electron chi connectivity index (χ4n) is 3.70. The highest BCUT2D eigenvalue weighted by Gasteiger charge is 2.19. The molecule has 4 nitrogen and oxygen atoms in total. The molecule has 144 valence electrons. The molecule has 0 bridgehead atoms. The zero-order valence-electron chi connectivity index (χ0n) is 16.3. The largest absolute Gasteiger partial charge is 0.322 e. The molecule has 3 aromatic rings. The summed E-state index contributed by atoms with van der Waals surface area (Å²) in [6, 6.07) is 14.6. The summed E-state index contributed by atoms with van der Waals surface area (Å²) in [6.45, 7) is 4.66. The number of benzene rings is 2. The van der Waals surface area contributed by atoms with Crippen LogP contribution in [0.25, 0.3) is 10.6 Å². The summed E-state index contributed by atoms with van der Waals surface area (Å²) in [4.78, 5) is 19.2. The van der Waals surface area contributed by atoms with E-state index >= 15 is 0 Å². The second-order valence-electron chi connectivity index (χ2n) is 7.53. The Labute approximate surface area is 170 Å². The van der Waals surface area contributed by atoms with Crippen LogP contribution in [0.3, 0.4) is 0 Å². The first-order valence-corrected chi connectivity index (χ1v) is 10.7. The Morgan fingerprint density at radius 3 is 2.82 bits per heavy atom. The van der Waals surface area contributed by atoms with Crippen molar-refractivity contribution in [1.29, 1.82) is 0 Å². The van der Waals surface area contributed by atoms with E-state index in [-0.39, 0.29) is 12.1 Å². The zero-order valence-corrected chi connectivity index (χ0v) is 17.1. The van der Waals surface area contributed by atoms with Gasteiger partial charge >= 0.3 is 6.03 Å². The van der Waals surface area contributed by atoms with E-state index in [0.29, 0.717) is 6.54 Å². The number of hydrogen-bond acceptors (Lipinski definition) is 3. The van der Waals surface area contributed by atoms with Crippen molar-refractivity contribution in [3.63, 3.8) is 0 Å². The van der Waals surface area contributed by atoms with Crippen molar-refractivity contribution in [2.75, 3.05) is 5.32 Å². The van der Waals surface area contributed by atoms with Gasteiger partial charge in [0.15, 0.2) is 0 Å². The Bertz CT molecular complexity index is 966. The second-order valence-corrected chi connectivity index (χ2v) is 8.42.